The molecule has 2 N–H and O–H groups in total. The van der Waals surface area contributed by atoms with Crippen molar-refractivity contribution >= 4 is 33.0 Å². The highest BCUT2D eigenvalue weighted by molar-refractivity contribution is 7.19. The molecule has 0 aliphatic carbocycles. The average Bonchev–Trinajstić information content (AvgIpc) is 2.92. The normalized spacial score (nSPS) is 16.6. The Bertz CT molecular complexity index is 1030. The monoisotopic (exact) mass is 356 g/mol. The first-order valence-corrected chi connectivity index (χ1v) is 8.33. The molecule has 0 saturated heterocycles. The summed E-state index contributed by atoms with van der Waals surface area (Å²) in [6.45, 7) is 0. The fourth-order valence-corrected chi connectivity index (χ4v) is 4.27. The van der Waals surface area contributed by atoms with E-state index in [1.807, 2.05) is 12.1 Å². The predicted octanol–water partition coefficient (Wildman–Crippen LogP) is 4.91. The number of fused-ring (bicyclic) bond motifs is 3. The van der Waals surface area contributed by atoms with Crippen LogP contribution in [0.2, 0.25) is 5.02 Å². The second-order valence-corrected chi connectivity index (χ2v) is 6.93. The van der Waals surface area contributed by atoms with E-state index in [1.165, 1.54) is 23.5 Å². The summed E-state index contributed by atoms with van der Waals surface area (Å²) in [5, 5.41) is 10.8. The highest BCUT2D eigenvalue weighted by Gasteiger charge is 2.33. The van der Waals surface area contributed by atoms with Crippen LogP contribution in [-0.2, 0) is 0 Å². The average molecular weight is 357 g/mol. The number of halogens is 2. The number of benzene rings is 2. The molecule has 0 spiro atoms. The molecule has 24 heavy (non-hydrogen) atoms. The molecule has 0 radical (unpaired) electrons. The van der Waals surface area contributed by atoms with Gasteiger partial charge in [-0.3, -0.25) is 0 Å². The van der Waals surface area contributed by atoms with Crippen molar-refractivity contribution in [3.8, 4) is 11.8 Å². The number of nitrogens with zero attached hydrogens (tertiary/aromatic N) is 1. The largest absolute Gasteiger partial charge is 0.439 e. The van der Waals surface area contributed by atoms with Crippen molar-refractivity contribution in [2.45, 2.75) is 5.92 Å². The lowest BCUT2D eigenvalue weighted by Crippen LogP contribution is -2.19. The van der Waals surface area contributed by atoms with Gasteiger partial charge in [0.1, 0.15) is 17.5 Å². The summed E-state index contributed by atoms with van der Waals surface area (Å²) in [5.74, 6) is -0.125. The third-order valence-corrected chi connectivity index (χ3v) is 5.45. The molecule has 3 nitrogen and oxygen atoms in total. The van der Waals surface area contributed by atoms with E-state index >= 15 is 0 Å². The molecule has 2 heterocycles. The number of hydrogen-bond donors (Lipinski definition) is 1. The van der Waals surface area contributed by atoms with Gasteiger partial charge >= 0.3 is 0 Å². The Kier molecular flexibility index (Phi) is 3.45. The Morgan fingerprint density at radius 1 is 1.21 bits per heavy atom. The first-order valence-electron chi connectivity index (χ1n) is 7.13. The molecule has 2 aromatic carbocycles. The van der Waals surface area contributed by atoms with Gasteiger partial charge < -0.3 is 10.5 Å². The third-order valence-electron chi connectivity index (χ3n) is 3.98. The molecule has 1 aliphatic heterocycles. The van der Waals surface area contributed by atoms with E-state index in [-0.39, 0.29) is 17.6 Å². The molecule has 1 aliphatic rings. The number of rotatable bonds is 1. The summed E-state index contributed by atoms with van der Waals surface area (Å²) in [4.78, 5) is 0.837. The maximum atomic E-state index is 13.6. The number of nitriles is 1. The molecular formula is C18H10ClFN2OS. The minimum Gasteiger partial charge on any atom is -0.439 e. The second-order valence-electron chi connectivity index (χ2n) is 5.41. The molecule has 118 valence electrons. The van der Waals surface area contributed by atoms with Crippen LogP contribution in [0.15, 0.2) is 53.9 Å². The van der Waals surface area contributed by atoms with E-state index in [0.717, 1.165) is 15.1 Å². The van der Waals surface area contributed by atoms with Crippen LogP contribution in [0, 0.1) is 17.1 Å². The Balaban J connectivity index is 1.99. The topological polar surface area (TPSA) is 59.0 Å². The van der Waals surface area contributed by atoms with Gasteiger partial charge in [-0.05, 0) is 35.9 Å². The summed E-state index contributed by atoms with van der Waals surface area (Å²) in [5.41, 5.74) is 7.20. The lowest BCUT2D eigenvalue weighted by Gasteiger charge is -2.23. The minimum atomic E-state index is -0.350. The van der Waals surface area contributed by atoms with Crippen molar-refractivity contribution < 1.29 is 9.13 Å². The van der Waals surface area contributed by atoms with Crippen molar-refractivity contribution in [2.24, 2.45) is 5.73 Å². The highest BCUT2D eigenvalue weighted by atomic mass is 35.5. The zero-order chi connectivity index (χ0) is 16.8. The number of hydrogen-bond acceptors (Lipinski definition) is 4. The molecule has 1 atom stereocenters. The SMILES string of the molecule is N#CC1=C(N)Oc2c(sc3ccc(F)cc23)C1c1ccc(Cl)cc1. The van der Waals surface area contributed by atoms with Crippen LogP contribution < -0.4 is 10.5 Å². The van der Waals surface area contributed by atoms with Crippen LogP contribution >= 0.6 is 22.9 Å². The molecule has 0 amide bonds. The van der Waals surface area contributed by atoms with Gasteiger partial charge in [-0.2, -0.15) is 5.26 Å². The molecular weight excluding hydrogens is 347 g/mol. The van der Waals surface area contributed by atoms with Crippen molar-refractivity contribution in [3.05, 3.63) is 75.2 Å². The van der Waals surface area contributed by atoms with Gasteiger partial charge in [-0.1, -0.05) is 23.7 Å². The first-order chi connectivity index (χ1) is 11.6. The van der Waals surface area contributed by atoms with E-state index in [0.29, 0.717) is 21.7 Å². The Hall–Kier alpha value is -2.55. The molecule has 0 bridgehead atoms. The number of thiophene rings is 1. The lowest BCUT2D eigenvalue weighted by atomic mass is 9.88. The highest BCUT2D eigenvalue weighted by Crippen LogP contribution is 2.50. The third kappa shape index (κ3) is 2.23. The Morgan fingerprint density at radius 3 is 2.67 bits per heavy atom. The number of nitrogens with two attached hydrogens (primary N) is 1. The zero-order valence-electron chi connectivity index (χ0n) is 12.2. The van der Waals surface area contributed by atoms with Gasteiger partial charge in [0.15, 0.2) is 5.75 Å². The zero-order valence-corrected chi connectivity index (χ0v) is 13.8. The van der Waals surface area contributed by atoms with Crippen LogP contribution in [-0.4, -0.2) is 0 Å². The van der Waals surface area contributed by atoms with E-state index < -0.39 is 0 Å². The number of ether oxygens (including phenoxy) is 1. The van der Waals surface area contributed by atoms with Gasteiger partial charge in [0.25, 0.3) is 0 Å². The van der Waals surface area contributed by atoms with Gasteiger partial charge in [0.05, 0.1) is 10.8 Å². The van der Waals surface area contributed by atoms with E-state index in [4.69, 9.17) is 22.1 Å². The van der Waals surface area contributed by atoms with E-state index in [9.17, 15) is 9.65 Å². The first kappa shape index (κ1) is 15.0. The maximum Gasteiger partial charge on any atom is 0.205 e. The van der Waals surface area contributed by atoms with Gasteiger partial charge in [-0.15, -0.1) is 11.3 Å². The van der Waals surface area contributed by atoms with Crippen LogP contribution in [0.4, 0.5) is 4.39 Å². The summed E-state index contributed by atoms with van der Waals surface area (Å²) >= 11 is 7.44. The fraction of sp³-hybridized carbons (Fsp3) is 0.0556. The summed E-state index contributed by atoms with van der Waals surface area (Å²) < 4.78 is 20.2. The fourth-order valence-electron chi connectivity index (χ4n) is 2.89. The summed E-state index contributed by atoms with van der Waals surface area (Å²) in [6, 6.07) is 13.9. The summed E-state index contributed by atoms with van der Waals surface area (Å²) in [7, 11) is 0. The quantitative estimate of drug-likeness (QED) is 0.673. The van der Waals surface area contributed by atoms with E-state index in [1.54, 1.807) is 18.2 Å². The lowest BCUT2D eigenvalue weighted by molar-refractivity contribution is 0.401. The predicted molar refractivity (Wildman–Crippen MR) is 92.5 cm³/mol. The standard InChI is InChI=1S/C18H10ClFN2OS/c19-10-3-1-9(2-4-10)15-13(8-21)18(22)23-16-12-7-11(20)5-6-14(12)24-17(15)16/h1-7,15H,22H2. The minimum absolute atomic E-state index is 0.0499. The molecule has 6 heteroatoms. The van der Waals surface area contributed by atoms with Gasteiger partial charge in [0, 0.05) is 15.1 Å². The van der Waals surface area contributed by atoms with Crippen molar-refractivity contribution in [1.29, 1.82) is 5.26 Å². The smallest absolute Gasteiger partial charge is 0.205 e. The number of allylic oxidation sites excluding steroid dienone is 1. The Labute approximate surface area is 146 Å². The van der Waals surface area contributed by atoms with Crippen molar-refractivity contribution in [2.75, 3.05) is 0 Å². The molecule has 1 unspecified atom stereocenters. The maximum absolute atomic E-state index is 13.6. The van der Waals surface area contributed by atoms with Crippen LogP contribution in [0.5, 0.6) is 5.75 Å². The second kappa shape index (κ2) is 5.52. The van der Waals surface area contributed by atoms with Crippen molar-refractivity contribution in [1.82, 2.24) is 0 Å². The molecule has 3 aromatic rings. The van der Waals surface area contributed by atoms with Crippen LogP contribution in [0.3, 0.4) is 0 Å². The van der Waals surface area contributed by atoms with Crippen LogP contribution in [0.25, 0.3) is 10.1 Å². The molecule has 0 saturated carbocycles. The van der Waals surface area contributed by atoms with Crippen LogP contribution in [0.1, 0.15) is 16.4 Å². The van der Waals surface area contributed by atoms with Crippen molar-refractivity contribution in [3.63, 3.8) is 0 Å². The molecule has 4 rings (SSSR count). The Morgan fingerprint density at radius 2 is 1.96 bits per heavy atom. The summed E-state index contributed by atoms with van der Waals surface area (Å²) in [6.07, 6.45) is 0. The molecule has 0 fully saturated rings. The molecule has 1 aromatic heterocycles. The van der Waals surface area contributed by atoms with Gasteiger partial charge in [-0.25, -0.2) is 4.39 Å². The van der Waals surface area contributed by atoms with Gasteiger partial charge in [0.2, 0.25) is 5.88 Å². The van der Waals surface area contributed by atoms with E-state index in [2.05, 4.69) is 6.07 Å².